The summed E-state index contributed by atoms with van der Waals surface area (Å²) in [6, 6.07) is 0. The maximum Gasteiger partial charge on any atom is 1.00 e. The van der Waals surface area contributed by atoms with Crippen LogP contribution in [0.25, 0.3) is 0 Å². The zero-order valence-electron chi connectivity index (χ0n) is 4.87. The maximum atomic E-state index is 8.88. The number of rotatable bonds is 0. The topological polar surface area (TPSA) is 135 Å². The fourth-order valence-corrected chi connectivity index (χ4v) is 0. The van der Waals surface area contributed by atoms with E-state index in [1.54, 1.807) is 0 Å². The molecule has 0 atom stereocenters. The number of phosphoric acid groups is 1. The Balaban J connectivity index is -0.0000000910. The zero-order chi connectivity index (χ0) is 8.08. The van der Waals surface area contributed by atoms with Crippen LogP contribution in [-0.4, -0.2) is 14.7 Å². The predicted octanol–water partition coefficient (Wildman–Crippen LogP) is -4.49. The minimum absolute atomic E-state index is 0. The van der Waals surface area contributed by atoms with Crippen LogP contribution in [0.2, 0.25) is 0 Å². The average Bonchev–Trinajstić information content (AvgIpc) is 1.19. The van der Waals surface area contributed by atoms with Gasteiger partial charge in [0.2, 0.25) is 7.91 Å². The normalized spacial score (nSPS) is 8.40. The van der Waals surface area contributed by atoms with Crippen molar-refractivity contribution in [1.29, 1.82) is 0 Å². The van der Waals surface area contributed by atoms with Gasteiger partial charge >= 0.3 is 37.4 Å². The van der Waals surface area contributed by atoms with Crippen molar-refractivity contribution in [3.8, 4) is 0 Å². The molecule has 3 N–H and O–H groups in total. The van der Waals surface area contributed by atoms with Gasteiger partial charge in [-0.2, -0.15) is 0 Å². The summed E-state index contributed by atoms with van der Waals surface area (Å²) in [5, 5.41) is 0. The van der Waals surface area contributed by atoms with Gasteiger partial charge in [0.25, 0.3) is 0 Å². The van der Waals surface area contributed by atoms with Gasteiger partial charge in [0, 0.05) is 0 Å². The van der Waals surface area contributed by atoms with E-state index in [1.807, 2.05) is 0 Å². The average molecular weight is 200 g/mol. The molecule has 0 aliphatic heterocycles. The molecule has 0 aromatic carbocycles. The summed E-state index contributed by atoms with van der Waals surface area (Å²) in [6.45, 7) is 0. The van der Waals surface area contributed by atoms with E-state index in [-0.39, 0.29) is 29.6 Å². The Labute approximate surface area is 78.5 Å². The molecule has 10 heavy (non-hydrogen) atoms. The maximum absolute atomic E-state index is 8.88. The van der Waals surface area contributed by atoms with Crippen molar-refractivity contribution in [3.05, 3.63) is 0 Å². The molecule has 56 valence electrons. The summed E-state index contributed by atoms with van der Waals surface area (Å²) in [7, 11) is -8.01. The van der Waals surface area contributed by atoms with Crippen molar-refractivity contribution in [1.82, 2.24) is 0 Å². The van der Waals surface area contributed by atoms with Gasteiger partial charge in [-0.25, -0.2) is 4.57 Å². The van der Waals surface area contributed by atoms with Crippen LogP contribution < -0.4 is 34.5 Å². The molecule has 0 heterocycles. The first-order valence-corrected chi connectivity index (χ1v) is 3.99. The van der Waals surface area contributed by atoms with Crippen molar-refractivity contribution in [2.45, 2.75) is 0 Å². The third kappa shape index (κ3) is 606. The summed E-state index contributed by atoms with van der Waals surface area (Å²) in [6.07, 6.45) is 0. The molecule has 0 aromatic rings. The first-order valence-electron chi connectivity index (χ1n) is 1.33. The Bertz CT molecular complexity index is 146. The van der Waals surface area contributed by atoms with E-state index in [9.17, 15) is 0 Å². The van der Waals surface area contributed by atoms with Crippen LogP contribution in [0.3, 0.4) is 0 Å². The van der Waals surface area contributed by atoms with Gasteiger partial charge in [-0.05, 0) is 0 Å². The first-order chi connectivity index (χ1) is 3.73. The predicted molar refractivity (Wildman–Crippen MR) is 22.6 cm³/mol. The fraction of sp³-hybridized carbons (Fsp3) is 0. The minimum atomic E-state index is -4.64. The Hall–Kier alpha value is 0.970. The van der Waals surface area contributed by atoms with Crippen molar-refractivity contribution < 1.29 is 62.8 Å². The van der Waals surface area contributed by atoms with Crippen LogP contribution in [0.5, 0.6) is 0 Å². The SMILES string of the molecule is O=P(=O)[O-].O=P(O)(O)O.[Na+]. The van der Waals surface area contributed by atoms with Crippen LogP contribution in [0, 0.1) is 0 Å². The van der Waals surface area contributed by atoms with Gasteiger partial charge in [-0.15, -0.1) is 0 Å². The molecular weight excluding hydrogens is 197 g/mol. The van der Waals surface area contributed by atoms with E-state index in [1.165, 1.54) is 0 Å². The Kier molecular flexibility index (Phi) is 13.9. The van der Waals surface area contributed by atoms with Gasteiger partial charge in [0.1, 0.15) is 0 Å². The molecule has 0 aromatic heterocycles. The number of hydrogen-bond acceptors (Lipinski definition) is 4. The van der Waals surface area contributed by atoms with E-state index in [2.05, 4.69) is 0 Å². The molecule has 0 spiro atoms. The fourth-order valence-electron chi connectivity index (χ4n) is 0. The van der Waals surface area contributed by atoms with Crippen molar-refractivity contribution in [2.75, 3.05) is 0 Å². The quantitative estimate of drug-likeness (QED) is 0.265. The molecule has 0 saturated heterocycles. The first kappa shape index (κ1) is 17.2. The van der Waals surface area contributed by atoms with E-state index < -0.39 is 15.7 Å². The Morgan fingerprint density at radius 1 is 1.20 bits per heavy atom. The van der Waals surface area contributed by atoms with Crippen molar-refractivity contribution in [2.24, 2.45) is 0 Å². The smallest absolute Gasteiger partial charge is 0.744 e. The zero-order valence-corrected chi connectivity index (χ0v) is 8.66. The van der Waals surface area contributed by atoms with Gasteiger partial charge in [-0.3, -0.25) is 9.13 Å². The van der Waals surface area contributed by atoms with E-state index >= 15 is 0 Å². The molecule has 7 nitrogen and oxygen atoms in total. The molecule has 10 heteroatoms. The molecule has 0 bridgehead atoms. The second-order valence-electron chi connectivity index (χ2n) is 0.737. The van der Waals surface area contributed by atoms with Gasteiger partial charge < -0.3 is 19.6 Å². The van der Waals surface area contributed by atoms with E-state index in [0.29, 0.717) is 0 Å². The third-order valence-electron chi connectivity index (χ3n) is 0. The largest absolute Gasteiger partial charge is 1.00 e. The van der Waals surface area contributed by atoms with Gasteiger partial charge in [-0.1, -0.05) is 0 Å². The number of hydrogen-bond donors (Lipinski definition) is 3. The van der Waals surface area contributed by atoms with Gasteiger partial charge in [0.15, 0.2) is 0 Å². The molecule has 0 aliphatic rings. The molecular formula is H3NaO7P2. The summed E-state index contributed by atoms with van der Waals surface area (Å²) in [5.74, 6) is 0. The van der Waals surface area contributed by atoms with Gasteiger partial charge in [0.05, 0.1) is 0 Å². The Morgan fingerprint density at radius 3 is 1.20 bits per heavy atom. The summed E-state index contributed by atoms with van der Waals surface area (Å²) >= 11 is 0. The minimum Gasteiger partial charge on any atom is -0.744 e. The molecule has 0 rings (SSSR count). The van der Waals surface area contributed by atoms with E-state index in [4.69, 9.17) is 33.3 Å². The molecule has 0 fully saturated rings. The second-order valence-corrected chi connectivity index (χ2v) is 2.21. The van der Waals surface area contributed by atoms with Crippen LogP contribution >= 0.6 is 15.7 Å². The molecule has 0 radical (unpaired) electrons. The molecule has 0 saturated carbocycles. The molecule has 0 aliphatic carbocycles. The standard InChI is InChI=1S/Na.H3O4P.HO3P/c;1-5(2,3)4;1-4(2)3/h;(H3,1,2,3,4);(H,1,2,3)/q+1;;/p-1. The van der Waals surface area contributed by atoms with Crippen LogP contribution in [-0.2, 0) is 13.7 Å². The third-order valence-corrected chi connectivity index (χ3v) is 0. The second kappa shape index (κ2) is 8.07. The molecule has 0 amide bonds. The van der Waals surface area contributed by atoms with Crippen molar-refractivity contribution in [3.63, 3.8) is 0 Å². The van der Waals surface area contributed by atoms with E-state index in [0.717, 1.165) is 0 Å². The van der Waals surface area contributed by atoms with Crippen LogP contribution in [0.4, 0.5) is 0 Å². The Morgan fingerprint density at radius 2 is 1.20 bits per heavy atom. The monoisotopic (exact) mass is 200 g/mol. The summed E-state index contributed by atoms with van der Waals surface area (Å²) in [4.78, 5) is 30.0. The van der Waals surface area contributed by atoms with Crippen LogP contribution in [0.15, 0.2) is 0 Å². The molecule has 0 unspecified atom stereocenters. The van der Waals surface area contributed by atoms with Crippen molar-refractivity contribution >= 4 is 15.7 Å². The van der Waals surface area contributed by atoms with Crippen LogP contribution in [0.1, 0.15) is 0 Å². The summed E-state index contributed by atoms with van der Waals surface area (Å²) < 4.78 is 25.8. The summed E-state index contributed by atoms with van der Waals surface area (Å²) in [5.41, 5.74) is 0.